The molecule has 2 rings (SSSR count). The third kappa shape index (κ3) is 4.63. The fourth-order valence-electron chi connectivity index (χ4n) is 1.83. The Morgan fingerprint density at radius 2 is 1.91 bits per heavy atom. The van der Waals surface area contributed by atoms with Crippen molar-refractivity contribution >= 4 is 43.2 Å². The third-order valence-corrected chi connectivity index (χ3v) is 7.28. The van der Waals surface area contributed by atoms with Crippen molar-refractivity contribution in [2.45, 2.75) is 17.2 Å². The number of halogens is 1. The standard InChI is InChI=1S/C15H17BrN2O3S2/c1-18(2)23(20,21)15-8-7-12(22-15)10-17-14(19)9-11-5-3-4-6-13(11)16/h3-8H,9-10H2,1-2H3,(H,17,19). The van der Waals surface area contributed by atoms with Gasteiger partial charge in [0.2, 0.25) is 5.91 Å². The predicted octanol–water partition coefficient (Wildman–Crippen LogP) is 2.62. The summed E-state index contributed by atoms with van der Waals surface area (Å²) in [6.45, 7) is 0.316. The Labute approximate surface area is 148 Å². The topological polar surface area (TPSA) is 66.5 Å². The van der Waals surface area contributed by atoms with E-state index in [9.17, 15) is 13.2 Å². The predicted molar refractivity (Wildman–Crippen MR) is 94.9 cm³/mol. The maximum absolute atomic E-state index is 12.0. The van der Waals surface area contributed by atoms with Gasteiger partial charge in [-0.3, -0.25) is 4.79 Å². The van der Waals surface area contributed by atoms with Crippen LogP contribution < -0.4 is 5.32 Å². The molecule has 1 heterocycles. The van der Waals surface area contributed by atoms with Crippen LogP contribution in [0.15, 0.2) is 45.1 Å². The SMILES string of the molecule is CN(C)S(=O)(=O)c1ccc(CNC(=O)Cc2ccccc2Br)s1. The molecule has 124 valence electrons. The van der Waals surface area contributed by atoms with Crippen molar-refractivity contribution in [1.29, 1.82) is 0 Å². The summed E-state index contributed by atoms with van der Waals surface area (Å²) in [6.07, 6.45) is 0.273. The third-order valence-electron chi connectivity index (χ3n) is 3.14. The van der Waals surface area contributed by atoms with E-state index in [1.54, 1.807) is 12.1 Å². The first-order chi connectivity index (χ1) is 10.8. The van der Waals surface area contributed by atoms with E-state index in [0.717, 1.165) is 14.9 Å². The van der Waals surface area contributed by atoms with Gasteiger partial charge >= 0.3 is 0 Å². The Morgan fingerprint density at radius 3 is 2.57 bits per heavy atom. The van der Waals surface area contributed by atoms with Crippen LogP contribution in [0.25, 0.3) is 0 Å². The van der Waals surface area contributed by atoms with Gasteiger partial charge in [0.25, 0.3) is 10.0 Å². The zero-order valence-electron chi connectivity index (χ0n) is 12.7. The minimum atomic E-state index is -3.42. The van der Waals surface area contributed by atoms with Crippen LogP contribution in [0.2, 0.25) is 0 Å². The molecule has 1 aromatic heterocycles. The zero-order valence-corrected chi connectivity index (χ0v) is 16.0. The molecule has 0 atom stereocenters. The molecule has 0 saturated carbocycles. The van der Waals surface area contributed by atoms with E-state index in [1.165, 1.54) is 29.7 Å². The molecule has 2 aromatic rings. The van der Waals surface area contributed by atoms with Gasteiger partial charge in [-0.25, -0.2) is 12.7 Å². The average molecular weight is 417 g/mol. The summed E-state index contributed by atoms with van der Waals surface area (Å²) in [7, 11) is -0.427. The number of nitrogens with zero attached hydrogens (tertiary/aromatic N) is 1. The summed E-state index contributed by atoms with van der Waals surface area (Å²) in [5, 5.41) is 2.81. The average Bonchev–Trinajstić information content (AvgIpc) is 2.97. The highest BCUT2D eigenvalue weighted by atomic mass is 79.9. The Hall–Kier alpha value is -1.22. The molecule has 0 aliphatic heterocycles. The molecule has 1 N–H and O–H groups in total. The van der Waals surface area contributed by atoms with Crippen LogP contribution in [0.1, 0.15) is 10.4 Å². The van der Waals surface area contributed by atoms with Crippen LogP contribution >= 0.6 is 27.3 Å². The molecule has 0 fully saturated rings. The molecule has 0 saturated heterocycles. The van der Waals surface area contributed by atoms with E-state index in [-0.39, 0.29) is 16.5 Å². The number of amides is 1. The van der Waals surface area contributed by atoms with Gasteiger partial charge in [0, 0.05) is 23.4 Å². The normalized spacial score (nSPS) is 11.7. The number of thiophene rings is 1. The first-order valence-corrected chi connectivity index (χ1v) is 9.87. The number of benzene rings is 1. The minimum absolute atomic E-state index is 0.109. The zero-order chi connectivity index (χ0) is 17.0. The van der Waals surface area contributed by atoms with Crippen molar-refractivity contribution < 1.29 is 13.2 Å². The number of hydrogen-bond acceptors (Lipinski definition) is 4. The summed E-state index contributed by atoms with van der Waals surface area (Å²) in [5.41, 5.74) is 0.909. The molecule has 8 heteroatoms. The molecule has 5 nitrogen and oxygen atoms in total. The summed E-state index contributed by atoms with van der Waals surface area (Å²) in [5.74, 6) is -0.109. The van der Waals surface area contributed by atoms with Gasteiger partial charge in [0.05, 0.1) is 13.0 Å². The van der Waals surface area contributed by atoms with E-state index in [0.29, 0.717) is 6.54 Å². The molecule has 0 radical (unpaired) electrons. The number of hydrogen-bond donors (Lipinski definition) is 1. The van der Waals surface area contributed by atoms with Crippen LogP contribution in [0, 0.1) is 0 Å². The van der Waals surface area contributed by atoms with E-state index >= 15 is 0 Å². The van der Waals surface area contributed by atoms with Crippen LogP contribution in [-0.4, -0.2) is 32.7 Å². The lowest BCUT2D eigenvalue weighted by atomic mass is 10.1. The molecule has 0 aliphatic rings. The van der Waals surface area contributed by atoms with Crippen molar-refractivity contribution in [3.05, 3.63) is 51.3 Å². The number of sulfonamides is 1. The van der Waals surface area contributed by atoms with Gasteiger partial charge in [-0.1, -0.05) is 34.1 Å². The van der Waals surface area contributed by atoms with Gasteiger partial charge in [-0.2, -0.15) is 0 Å². The highest BCUT2D eigenvalue weighted by Crippen LogP contribution is 2.23. The lowest BCUT2D eigenvalue weighted by molar-refractivity contribution is -0.120. The molecular formula is C15H17BrN2O3S2. The fourth-order valence-corrected chi connectivity index (χ4v) is 4.72. The largest absolute Gasteiger partial charge is 0.351 e. The molecular weight excluding hydrogens is 400 g/mol. The van der Waals surface area contributed by atoms with E-state index in [4.69, 9.17) is 0 Å². The second-order valence-electron chi connectivity index (χ2n) is 5.05. The van der Waals surface area contributed by atoms with Crippen molar-refractivity contribution in [2.75, 3.05) is 14.1 Å². The van der Waals surface area contributed by atoms with Gasteiger partial charge < -0.3 is 5.32 Å². The molecule has 0 aliphatic carbocycles. The first-order valence-electron chi connectivity index (χ1n) is 6.82. The Morgan fingerprint density at radius 1 is 1.22 bits per heavy atom. The number of carbonyl (C=O) groups excluding carboxylic acids is 1. The summed E-state index contributed by atoms with van der Waals surface area (Å²) in [6, 6.07) is 10.8. The second-order valence-corrected chi connectivity index (χ2v) is 9.45. The summed E-state index contributed by atoms with van der Waals surface area (Å²) >= 11 is 4.58. The van der Waals surface area contributed by atoms with Crippen molar-refractivity contribution in [3.8, 4) is 0 Å². The van der Waals surface area contributed by atoms with Gasteiger partial charge in [-0.15, -0.1) is 11.3 Å². The van der Waals surface area contributed by atoms with Crippen LogP contribution in [-0.2, 0) is 27.8 Å². The highest BCUT2D eigenvalue weighted by molar-refractivity contribution is 9.10. The van der Waals surface area contributed by atoms with E-state index in [2.05, 4.69) is 21.2 Å². The monoisotopic (exact) mass is 416 g/mol. The smallest absolute Gasteiger partial charge is 0.252 e. The quantitative estimate of drug-likeness (QED) is 0.786. The fraction of sp³-hybridized carbons (Fsp3) is 0.267. The molecule has 23 heavy (non-hydrogen) atoms. The van der Waals surface area contributed by atoms with E-state index in [1.807, 2.05) is 24.3 Å². The van der Waals surface area contributed by atoms with Gasteiger partial charge in [-0.05, 0) is 23.8 Å². The minimum Gasteiger partial charge on any atom is -0.351 e. The van der Waals surface area contributed by atoms with Gasteiger partial charge in [0.1, 0.15) is 4.21 Å². The molecule has 0 spiro atoms. The van der Waals surface area contributed by atoms with Crippen LogP contribution in [0.5, 0.6) is 0 Å². The lowest BCUT2D eigenvalue weighted by Gasteiger charge is -2.08. The maximum atomic E-state index is 12.0. The second kappa shape index (κ2) is 7.57. The summed E-state index contributed by atoms with van der Waals surface area (Å²) < 4.78 is 26.4. The van der Waals surface area contributed by atoms with Crippen molar-refractivity contribution in [1.82, 2.24) is 9.62 Å². The number of nitrogens with one attached hydrogen (secondary N) is 1. The van der Waals surface area contributed by atoms with Crippen LogP contribution in [0.3, 0.4) is 0 Å². The molecule has 1 amide bonds. The lowest BCUT2D eigenvalue weighted by Crippen LogP contribution is -2.24. The summed E-state index contributed by atoms with van der Waals surface area (Å²) in [4.78, 5) is 12.8. The molecule has 0 unspecified atom stereocenters. The number of rotatable bonds is 6. The van der Waals surface area contributed by atoms with Crippen molar-refractivity contribution in [2.24, 2.45) is 0 Å². The van der Waals surface area contributed by atoms with Crippen molar-refractivity contribution in [3.63, 3.8) is 0 Å². The Kier molecular flexibility index (Phi) is 5.96. The van der Waals surface area contributed by atoms with E-state index < -0.39 is 10.0 Å². The molecule has 0 bridgehead atoms. The van der Waals surface area contributed by atoms with Gasteiger partial charge in [0.15, 0.2) is 0 Å². The highest BCUT2D eigenvalue weighted by Gasteiger charge is 2.19. The number of carbonyl (C=O) groups is 1. The maximum Gasteiger partial charge on any atom is 0.252 e. The molecule has 1 aromatic carbocycles. The van der Waals surface area contributed by atoms with Crippen LogP contribution in [0.4, 0.5) is 0 Å². The first kappa shape index (κ1) is 18.1. The Balaban J connectivity index is 1.96. The Bertz CT molecular complexity index is 801.